The molecule has 1 N–H and O–H groups in total. The Labute approximate surface area is 161 Å². The second-order valence-corrected chi connectivity index (χ2v) is 6.99. The molecule has 4 rings (SSSR count). The molecule has 1 aromatic carbocycles. The minimum atomic E-state index is -0.184. The molecule has 140 valence electrons. The fourth-order valence-corrected chi connectivity index (χ4v) is 3.58. The van der Waals surface area contributed by atoms with Crippen LogP contribution in [0, 0.1) is 0 Å². The van der Waals surface area contributed by atoms with Gasteiger partial charge in [0.05, 0.1) is 30.9 Å². The molecule has 2 fully saturated rings. The monoisotopic (exact) mass is 385 g/mol. The molecule has 0 bridgehead atoms. The molecule has 1 aromatic heterocycles. The summed E-state index contributed by atoms with van der Waals surface area (Å²) < 4.78 is 16.3. The van der Waals surface area contributed by atoms with Gasteiger partial charge in [0.15, 0.2) is 11.1 Å². The minimum absolute atomic E-state index is 0.184. The van der Waals surface area contributed by atoms with E-state index in [0.29, 0.717) is 29.0 Å². The fourth-order valence-electron chi connectivity index (χ4n) is 2.76. The van der Waals surface area contributed by atoms with Crippen molar-refractivity contribution in [3.63, 3.8) is 0 Å². The van der Waals surface area contributed by atoms with Crippen LogP contribution in [0.4, 0.5) is 11.6 Å². The molecule has 3 heterocycles. The highest BCUT2D eigenvalue weighted by atomic mass is 32.2. The molecule has 2 aromatic rings. The Morgan fingerprint density at radius 3 is 2.70 bits per heavy atom. The molecule has 1 amide bonds. The van der Waals surface area contributed by atoms with Gasteiger partial charge in [-0.05, 0) is 42.1 Å². The topological polar surface area (TPSA) is 76.3 Å². The largest absolute Gasteiger partial charge is 0.497 e. The Hall–Kier alpha value is -2.71. The van der Waals surface area contributed by atoms with Crippen molar-refractivity contribution in [2.45, 2.75) is 0 Å². The molecule has 2 aliphatic rings. The van der Waals surface area contributed by atoms with Crippen LogP contribution in [0.25, 0.3) is 6.08 Å². The third-order valence-electron chi connectivity index (χ3n) is 4.16. The van der Waals surface area contributed by atoms with Crippen LogP contribution in [0.15, 0.2) is 50.7 Å². The first-order valence-electron chi connectivity index (χ1n) is 8.57. The van der Waals surface area contributed by atoms with E-state index in [2.05, 4.69) is 15.2 Å². The van der Waals surface area contributed by atoms with Crippen molar-refractivity contribution in [1.29, 1.82) is 0 Å². The number of amidine groups is 1. The number of carbonyl (C=O) groups excluding carboxylic acids is 1. The summed E-state index contributed by atoms with van der Waals surface area (Å²) in [6.45, 7) is 3.00. The van der Waals surface area contributed by atoms with Crippen LogP contribution >= 0.6 is 11.8 Å². The lowest BCUT2D eigenvalue weighted by molar-refractivity contribution is -0.115. The molecule has 0 saturated carbocycles. The highest BCUT2D eigenvalue weighted by molar-refractivity contribution is 8.18. The summed E-state index contributed by atoms with van der Waals surface area (Å²) >= 11 is 1.29. The Kier molecular flexibility index (Phi) is 5.17. The first-order valence-corrected chi connectivity index (χ1v) is 9.39. The van der Waals surface area contributed by atoms with E-state index >= 15 is 0 Å². The van der Waals surface area contributed by atoms with Gasteiger partial charge < -0.3 is 24.1 Å². The predicted octanol–water partition coefficient (Wildman–Crippen LogP) is 3.02. The van der Waals surface area contributed by atoms with Gasteiger partial charge in [-0.15, -0.1) is 0 Å². The zero-order chi connectivity index (χ0) is 18.6. The van der Waals surface area contributed by atoms with Crippen LogP contribution in [0.1, 0.15) is 5.76 Å². The summed E-state index contributed by atoms with van der Waals surface area (Å²) in [5.41, 5.74) is 0.743. The van der Waals surface area contributed by atoms with Crippen molar-refractivity contribution in [3.8, 4) is 5.75 Å². The number of nitrogens with one attached hydrogen (secondary N) is 1. The van der Waals surface area contributed by atoms with E-state index in [4.69, 9.17) is 13.9 Å². The molecule has 2 aliphatic heterocycles. The number of nitrogens with zero attached hydrogens (tertiary/aromatic N) is 2. The summed E-state index contributed by atoms with van der Waals surface area (Å²) in [7, 11) is 1.62. The molecule has 0 spiro atoms. The lowest BCUT2D eigenvalue weighted by Crippen LogP contribution is -2.35. The summed E-state index contributed by atoms with van der Waals surface area (Å²) in [6, 6.07) is 11.1. The number of aliphatic imine (C=N–C) groups is 1. The van der Waals surface area contributed by atoms with Crippen molar-refractivity contribution in [3.05, 3.63) is 47.1 Å². The number of carbonyl (C=O) groups is 1. The number of morpholine rings is 1. The molecule has 8 heteroatoms. The van der Waals surface area contributed by atoms with E-state index in [-0.39, 0.29) is 5.91 Å². The molecule has 27 heavy (non-hydrogen) atoms. The smallest absolute Gasteiger partial charge is 0.264 e. The van der Waals surface area contributed by atoms with Gasteiger partial charge in [-0.1, -0.05) is 0 Å². The van der Waals surface area contributed by atoms with Gasteiger partial charge in [0.25, 0.3) is 5.91 Å². The van der Waals surface area contributed by atoms with Crippen LogP contribution in [0.2, 0.25) is 0 Å². The molecule has 7 nitrogen and oxygen atoms in total. The summed E-state index contributed by atoms with van der Waals surface area (Å²) in [6.07, 6.45) is 1.74. The second kappa shape index (κ2) is 7.89. The van der Waals surface area contributed by atoms with Crippen LogP contribution in [0.5, 0.6) is 5.75 Å². The summed E-state index contributed by atoms with van der Waals surface area (Å²) in [5, 5.41) is 3.32. The number of hydrogen-bond acceptors (Lipinski definition) is 7. The lowest BCUT2D eigenvalue weighted by Gasteiger charge is -2.26. The van der Waals surface area contributed by atoms with Crippen LogP contribution in [-0.2, 0) is 9.53 Å². The predicted molar refractivity (Wildman–Crippen MR) is 106 cm³/mol. The average Bonchev–Trinajstić information content (AvgIpc) is 3.30. The highest BCUT2D eigenvalue weighted by Crippen LogP contribution is 2.30. The van der Waals surface area contributed by atoms with Gasteiger partial charge in [0, 0.05) is 25.2 Å². The standard InChI is InChI=1S/C19H19N3O4S/c1-24-14-4-2-13(3-5-14)20-19-21-18(23)16(27-19)12-15-6-7-17(26-15)22-8-10-25-11-9-22/h2-7,12H,8-11H2,1H3,(H,20,21,23)/b16-12-. The maximum Gasteiger partial charge on any atom is 0.264 e. The first-order chi connectivity index (χ1) is 13.2. The van der Waals surface area contributed by atoms with Gasteiger partial charge in [0.1, 0.15) is 11.5 Å². The molecule has 0 atom stereocenters. The second-order valence-electron chi connectivity index (χ2n) is 5.96. The van der Waals surface area contributed by atoms with Crippen molar-refractivity contribution in [2.24, 2.45) is 4.99 Å². The molecule has 0 aliphatic carbocycles. The number of furan rings is 1. The average molecular weight is 385 g/mol. The number of methoxy groups -OCH3 is 1. The number of rotatable bonds is 4. The minimum Gasteiger partial charge on any atom is -0.497 e. The summed E-state index contributed by atoms with van der Waals surface area (Å²) in [5.74, 6) is 2.01. The normalized spacial score (nSPS) is 20.3. The number of benzene rings is 1. The van der Waals surface area contributed by atoms with E-state index in [0.717, 1.165) is 30.4 Å². The third-order valence-corrected chi connectivity index (χ3v) is 5.07. The van der Waals surface area contributed by atoms with Gasteiger partial charge >= 0.3 is 0 Å². The van der Waals surface area contributed by atoms with E-state index in [1.165, 1.54) is 11.8 Å². The number of ether oxygens (including phenoxy) is 2. The van der Waals surface area contributed by atoms with Crippen molar-refractivity contribution < 1.29 is 18.7 Å². The third kappa shape index (κ3) is 4.17. The SMILES string of the molecule is COc1ccc(N=C2NC(=O)/C(=C/c3ccc(N4CCOCC4)o3)S2)cc1. The Balaban J connectivity index is 1.47. The van der Waals surface area contributed by atoms with Gasteiger partial charge in [-0.2, -0.15) is 0 Å². The van der Waals surface area contributed by atoms with E-state index < -0.39 is 0 Å². The van der Waals surface area contributed by atoms with Gasteiger partial charge in [-0.3, -0.25) is 4.79 Å². The zero-order valence-corrected chi connectivity index (χ0v) is 15.6. The van der Waals surface area contributed by atoms with Crippen molar-refractivity contribution >= 4 is 40.5 Å². The van der Waals surface area contributed by atoms with E-state index in [9.17, 15) is 4.79 Å². The Morgan fingerprint density at radius 1 is 1.19 bits per heavy atom. The Bertz CT molecular complexity index is 883. The van der Waals surface area contributed by atoms with Crippen LogP contribution in [-0.4, -0.2) is 44.5 Å². The van der Waals surface area contributed by atoms with Crippen LogP contribution in [0.3, 0.4) is 0 Å². The van der Waals surface area contributed by atoms with E-state index in [1.807, 2.05) is 36.4 Å². The molecule has 0 unspecified atom stereocenters. The number of anilines is 1. The molecule has 0 radical (unpaired) electrons. The molecular formula is C19H19N3O4S. The van der Waals surface area contributed by atoms with Gasteiger partial charge in [0.2, 0.25) is 0 Å². The lowest BCUT2D eigenvalue weighted by atomic mass is 10.3. The zero-order valence-electron chi connectivity index (χ0n) is 14.8. The maximum absolute atomic E-state index is 12.2. The van der Waals surface area contributed by atoms with Crippen molar-refractivity contribution in [2.75, 3.05) is 38.3 Å². The molecular weight excluding hydrogens is 366 g/mol. The van der Waals surface area contributed by atoms with Crippen LogP contribution < -0.4 is 15.0 Å². The number of amides is 1. The number of hydrogen-bond donors (Lipinski definition) is 1. The van der Waals surface area contributed by atoms with Gasteiger partial charge in [-0.25, -0.2) is 4.99 Å². The number of thioether (sulfide) groups is 1. The fraction of sp³-hybridized carbons (Fsp3) is 0.263. The first kappa shape index (κ1) is 17.7. The molecule has 2 saturated heterocycles. The van der Waals surface area contributed by atoms with E-state index in [1.54, 1.807) is 13.2 Å². The highest BCUT2D eigenvalue weighted by Gasteiger charge is 2.24. The Morgan fingerprint density at radius 2 is 1.96 bits per heavy atom. The maximum atomic E-state index is 12.2. The quantitative estimate of drug-likeness (QED) is 0.816. The summed E-state index contributed by atoms with van der Waals surface area (Å²) in [4.78, 5) is 19.3. The van der Waals surface area contributed by atoms with Crippen molar-refractivity contribution in [1.82, 2.24) is 5.32 Å².